The Kier molecular flexibility index (Phi) is 3.69. The van der Waals surface area contributed by atoms with Crippen LogP contribution in [0.1, 0.15) is 52.0 Å². The van der Waals surface area contributed by atoms with Crippen LogP contribution in [0, 0.1) is 5.41 Å². The van der Waals surface area contributed by atoms with Crippen LogP contribution in [0.4, 0.5) is 0 Å². The lowest BCUT2D eigenvalue weighted by atomic mass is 9.76. The van der Waals surface area contributed by atoms with Crippen molar-refractivity contribution >= 4 is 23.6 Å². The van der Waals surface area contributed by atoms with Gasteiger partial charge >= 0.3 is 0 Å². The van der Waals surface area contributed by atoms with Crippen molar-refractivity contribution in [1.82, 2.24) is 15.1 Å². The number of benzene rings is 1. The van der Waals surface area contributed by atoms with Gasteiger partial charge in [0, 0.05) is 42.6 Å². The highest BCUT2D eigenvalue weighted by molar-refractivity contribution is 6.06. The Labute approximate surface area is 162 Å². The Morgan fingerprint density at radius 2 is 2.04 bits per heavy atom. The molecule has 1 spiro atoms. The van der Waals surface area contributed by atoms with E-state index in [1.165, 1.54) is 4.90 Å². The summed E-state index contributed by atoms with van der Waals surface area (Å²) in [6.07, 6.45) is 6.96. The van der Waals surface area contributed by atoms with E-state index >= 15 is 0 Å². The molecule has 3 aliphatic heterocycles. The molecule has 2 fully saturated rings. The van der Waals surface area contributed by atoms with E-state index in [2.05, 4.69) is 17.5 Å². The number of piperidine rings is 1. The van der Waals surface area contributed by atoms with Crippen LogP contribution >= 0.6 is 0 Å². The molecule has 5 rings (SSSR count). The number of carbonyl (C=O) groups is 4. The van der Waals surface area contributed by atoms with Crippen LogP contribution in [0.2, 0.25) is 0 Å². The SMILES string of the molecule is O=C1CCC(N2Cc3cc(C(=O)N4CCC5(C=CC5)C4)ccc3C2=O)C(=O)N1. The summed E-state index contributed by atoms with van der Waals surface area (Å²) in [6, 6.07) is 4.53. The molecule has 4 aliphatic rings. The van der Waals surface area contributed by atoms with Crippen LogP contribution in [-0.2, 0) is 16.1 Å². The first kappa shape index (κ1) is 17.2. The van der Waals surface area contributed by atoms with Gasteiger partial charge in [0.05, 0.1) is 0 Å². The van der Waals surface area contributed by atoms with Crippen molar-refractivity contribution in [3.63, 3.8) is 0 Å². The Morgan fingerprint density at radius 1 is 1.21 bits per heavy atom. The zero-order valence-corrected chi connectivity index (χ0v) is 15.4. The Hall–Kier alpha value is -2.96. The molecule has 1 aromatic carbocycles. The van der Waals surface area contributed by atoms with Gasteiger partial charge in [-0.1, -0.05) is 12.2 Å². The van der Waals surface area contributed by atoms with Crippen molar-refractivity contribution in [3.8, 4) is 0 Å². The highest BCUT2D eigenvalue weighted by atomic mass is 16.2. The van der Waals surface area contributed by atoms with Crippen LogP contribution < -0.4 is 5.32 Å². The van der Waals surface area contributed by atoms with Crippen molar-refractivity contribution in [3.05, 3.63) is 47.0 Å². The Balaban J connectivity index is 1.34. The van der Waals surface area contributed by atoms with E-state index in [4.69, 9.17) is 0 Å². The number of likely N-dealkylation sites (tertiary alicyclic amines) is 1. The molecule has 2 atom stereocenters. The van der Waals surface area contributed by atoms with Crippen LogP contribution in [-0.4, -0.2) is 52.6 Å². The van der Waals surface area contributed by atoms with E-state index in [0.29, 0.717) is 17.5 Å². The number of carbonyl (C=O) groups excluding carboxylic acids is 4. The summed E-state index contributed by atoms with van der Waals surface area (Å²) in [7, 11) is 0. The quantitative estimate of drug-likeness (QED) is 0.619. The van der Waals surface area contributed by atoms with E-state index in [9.17, 15) is 19.2 Å². The molecule has 7 heteroatoms. The molecule has 1 aliphatic carbocycles. The summed E-state index contributed by atoms with van der Waals surface area (Å²) >= 11 is 0. The highest BCUT2D eigenvalue weighted by Crippen LogP contribution is 2.42. The summed E-state index contributed by atoms with van der Waals surface area (Å²) in [6.45, 7) is 1.79. The van der Waals surface area contributed by atoms with Crippen molar-refractivity contribution in [2.45, 2.75) is 38.3 Å². The number of fused-ring (bicyclic) bond motifs is 1. The fraction of sp³-hybridized carbons (Fsp3) is 0.429. The van der Waals surface area contributed by atoms with Crippen LogP contribution in [0.3, 0.4) is 0 Å². The fourth-order valence-electron chi connectivity index (χ4n) is 4.71. The fourth-order valence-corrected chi connectivity index (χ4v) is 4.71. The van der Waals surface area contributed by atoms with Crippen LogP contribution in [0.25, 0.3) is 0 Å². The number of amides is 4. The second-order valence-corrected chi connectivity index (χ2v) is 8.22. The smallest absolute Gasteiger partial charge is 0.255 e. The van der Waals surface area contributed by atoms with E-state index < -0.39 is 11.9 Å². The van der Waals surface area contributed by atoms with Gasteiger partial charge in [-0.2, -0.15) is 0 Å². The summed E-state index contributed by atoms with van der Waals surface area (Å²) < 4.78 is 0. The number of nitrogens with zero attached hydrogens (tertiary/aromatic N) is 2. The third-order valence-electron chi connectivity index (χ3n) is 6.44. The third kappa shape index (κ3) is 2.57. The maximum Gasteiger partial charge on any atom is 0.255 e. The van der Waals surface area contributed by atoms with Gasteiger partial charge < -0.3 is 9.80 Å². The first-order valence-corrected chi connectivity index (χ1v) is 9.70. The number of hydrogen-bond donors (Lipinski definition) is 1. The lowest BCUT2D eigenvalue weighted by Crippen LogP contribution is -2.52. The topological polar surface area (TPSA) is 86.8 Å². The van der Waals surface area contributed by atoms with Gasteiger partial charge in [0.2, 0.25) is 11.8 Å². The molecular formula is C21H21N3O4. The minimum Gasteiger partial charge on any atom is -0.338 e. The average molecular weight is 379 g/mol. The molecule has 1 N–H and O–H groups in total. The number of hydrogen-bond acceptors (Lipinski definition) is 4. The number of imide groups is 1. The molecule has 0 bridgehead atoms. The maximum absolute atomic E-state index is 12.9. The van der Waals surface area contributed by atoms with Gasteiger partial charge in [-0.15, -0.1) is 0 Å². The maximum atomic E-state index is 12.9. The largest absolute Gasteiger partial charge is 0.338 e. The van der Waals surface area contributed by atoms with Crippen LogP contribution in [0.15, 0.2) is 30.4 Å². The molecule has 28 heavy (non-hydrogen) atoms. The lowest BCUT2D eigenvalue weighted by molar-refractivity contribution is -0.136. The first-order chi connectivity index (χ1) is 13.5. The second-order valence-electron chi connectivity index (χ2n) is 8.22. The molecule has 2 saturated heterocycles. The third-order valence-corrected chi connectivity index (χ3v) is 6.44. The first-order valence-electron chi connectivity index (χ1n) is 9.70. The van der Waals surface area contributed by atoms with Crippen molar-refractivity contribution < 1.29 is 19.2 Å². The zero-order chi connectivity index (χ0) is 19.5. The van der Waals surface area contributed by atoms with E-state index in [1.807, 2.05) is 4.90 Å². The standard InChI is InChI=1S/C21H21N3O4/c25-17-5-4-16(18(26)22-17)24-11-14-10-13(2-3-15(14)20(24)28)19(27)23-9-8-21(12-23)6-1-7-21/h1-3,6,10,16H,4-5,7-9,11-12H2,(H,22,25,26). The van der Waals surface area contributed by atoms with Crippen molar-refractivity contribution in [1.29, 1.82) is 0 Å². The monoisotopic (exact) mass is 379 g/mol. The molecule has 0 saturated carbocycles. The minimum atomic E-state index is -0.638. The summed E-state index contributed by atoms with van der Waals surface area (Å²) in [5.74, 6) is -0.956. The molecule has 4 amide bonds. The zero-order valence-electron chi connectivity index (χ0n) is 15.4. The van der Waals surface area contributed by atoms with Gasteiger partial charge in [-0.25, -0.2) is 0 Å². The van der Waals surface area contributed by atoms with E-state index in [1.54, 1.807) is 18.2 Å². The molecule has 7 nitrogen and oxygen atoms in total. The summed E-state index contributed by atoms with van der Waals surface area (Å²) in [5, 5.41) is 2.30. The molecule has 2 unspecified atom stereocenters. The van der Waals surface area contributed by atoms with Gasteiger partial charge in [0.25, 0.3) is 11.8 Å². The van der Waals surface area contributed by atoms with Gasteiger partial charge in [-0.05, 0) is 43.0 Å². The van der Waals surface area contributed by atoms with Gasteiger partial charge in [0.1, 0.15) is 6.04 Å². The molecule has 1 aromatic rings. The predicted molar refractivity (Wildman–Crippen MR) is 99.2 cm³/mol. The summed E-state index contributed by atoms with van der Waals surface area (Å²) in [5.41, 5.74) is 2.04. The van der Waals surface area contributed by atoms with Gasteiger partial charge in [-0.3, -0.25) is 24.5 Å². The van der Waals surface area contributed by atoms with E-state index in [0.717, 1.165) is 31.5 Å². The van der Waals surface area contributed by atoms with E-state index in [-0.39, 0.29) is 36.1 Å². The molecule has 0 aromatic heterocycles. The second kappa shape index (κ2) is 6.02. The molecule has 144 valence electrons. The average Bonchev–Trinajstić information content (AvgIpc) is 3.24. The van der Waals surface area contributed by atoms with Crippen molar-refractivity contribution in [2.75, 3.05) is 13.1 Å². The minimum absolute atomic E-state index is 0.00752. The van der Waals surface area contributed by atoms with Crippen molar-refractivity contribution in [2.24, 2.45) is 5.41 Å². The number of allylic oxidation sites excluding steroid dienone is 1. The Morgan fingerprint density at radius 3 is 2.71 bits per heavy atom. The predicted octanol–water partition coefficient (Wildman–Crippen LogP) is 1.24. The molecular weight excluding hydrogens is 358 g/mol. The number of nitrogens with one attached hydrogen (secondary N) is 1. The normalized spacial score (nSPS) is 28.6. The molecule has 0 radical (unpaired) electrons. The summed E-state index contributed by atoms with van der Waals surface area (Å²) in [4.78, 5) is 52.6. The molecule has 3 heterocycles. The van der Waals surface area contributed by atoms with Gasteiger partial charge in [0.15, 0.2) is 0 Å². The van der Waals surface area contributed by atoms with Crippen LogP contribution in [0.5, 0.6) is 0 Å². The number of rotatable bonds is 2. The lowest BCUT2D eigenvalue weighted by Gasteiger charge is -2.30. The highest BCUT2D eigenvalue weighted by Gasteiger charge is 2.42. The Bertz CT molecular complexity index is 953.